The number of rotatable bonds is 9. The van der Waals surface area contributed by atoms with E-state index in [-0.39, 0.29) is 6.61 Å². The van der Waals surface area contributed by atoms with Gasteiger partial charge in [0.2, 0.25) is 0 Å². The van der Waals surface area contributed by atoms with E-state index in [1.807, 2.05) is 0 Å². The van der Waals surface area contributed by atoms with Gasteiger partial charge in [-0.2, -0.15) is 0 Å². The molecule has 0 heterocycles. The lowest BCUT2D eigenvalue weighted by atomic mass is 10.4. The Morgan fingerprint density at radius 2 is 2.36 bits per heavy atom. The first kappa shape index (κ1) is 13.8. The molecule has 0 aliphatic heterocycles. The van der Waals surface area contributed by atoms with Crippen molar-refractivity contribution in [2.75, 3.05) is 24.7 Å². The molecule has 0 aromatic rings. The zero-order chi connectivity index (χ0) is 10.8. The topological polar surface area (TPSA) is 46.5 Å². The average Bonchev–Trinajstić information content (AvgIpc) is 2.15. The third-order valence-electron chi connectivity index (χ3n) is 1.65. The molecule has 0 spiro atoms. The van der Waals surface area contributed by atoms with Crippen molar-refractivity contribution in [3.63, 3.8) is 0 Å². The van der Waals surface area contributed by atoms with Crippen LogP contribution >= 0.6 is 0 Å². The van der Waals surface area contributed by atoms with Crippen LogP contribution in [-0.2, 0) is 15.5 Å². The Balaban J connectivity index is 3.44. The minimum atomic E-state index is -0.911. The molecule has 84 valence electrons. The molecule has 0 fully saturated rings. The SMILES string of the molecule is C=CCOC[C@H](O)C[S@@](=O)CCCC. The summed E-state index contributed by atoms with van der Waals surface area (Å²) in [5.41, 5.74) is 0. The summed E-state index contributed by atoms with van der Waals surface area (Å²) in [5, 5.41) is 9.39. The Bertz CT molecular complexity index is 171. The normalized spacial score (nSPS) is 15.0. The van der Waals surface area contributed by atoms with E-state index < -0.39 is 16.9 Å². The smallest absolute Gasteiger partial charge is 0.0888 e. The summed E-state index contributed by atoms with van der Waals surface area (Å²) >= 11 is 0. The molecule has 0 bridgehead atoms. The highest BCUT2D eigenvalue weighted by molar-refractivity contribution is 7.85. The predicted octanol–water partition coefficient (Wildman–Crippen LogP) is 1.10. The van der Waals surface area contributed by atoms with Gasteiger partial charge in [-0.1, -0.05) is 19.4 Å². The quantitative estimate of drug-likeness (QED) is 0.467. The Hall–Kier alpha value is -0.190. The van der Waals surface area contributed by atoms with Gasteiger partial charge in [0.25, 0.3) is 0 Å². The number of hydrogen-bond donors (Lipinski definition) is 1. The van der Waals surface area contributed by atoms with Gasteiger partial charge in [0, 0.05) is 16.6 Å². The minimum Gasteiger partial charge on any atom is -0.390 e. The number of unbranched alkanes of at least 4 members (excludes halogenated alkanes) is 1. The second kappa shape index (κ2) is 9.37. The maximum Gasteiger partial charge on any atom is 0.0888 e. The Morgan fingerprint density at radius 3 is 2.93 bits per heavy atom. The van der Waals surface area contributed by atoms with Gasteiger partial charge in [0.05, 0.1) is 25.1 Å². The van der Waals surface area contributed by atoms with Gasteiger partial charge in [-0.3, -0.25) is 4.21 Å². The molecule has 0 rings (SSSR count). The Kier molecular flexibility index (Phi) is 9.24. The van der Waals surface area contributed by atoms with E-state index in [9.17, 15) is 9.32 Å². The van der Waals surface area contributed by atoms with E-state index >= 15 is 0 Å². The first-order valence-electron chi connectivity index (χ1n) is 4.92. The maximum atomic E-state index is 11.3. The molecule has 0 unspecified atom stereocenters. The van der Waals surface area contributed by atoms with E-state index in [4.69, 9.17) is 4.74 Å². The lowest BCUT2D eigenvalue weighted by Gasteiger charge is -2.09. The summed E-state index contributed by atoms with van der Waals surface area (Å²) in [5.74, 6) is 0.992. The van der Waals surface area contributed by atoms with Crippen LogP contribution in [0.5, 0.6) is 0 Å². The minimum absolute atomic E-state index is 0.240. The van der Waals surface area contributed by atoms with Crippen molar-refractivity contribution in [1.29, 1.82) is 0 Å². The highest BCUT2D eigenvalue weighted by Crippen LogP contribution is 1.96. The predicted molar refractivity (Wildman–Crippen MR) is 59.8 cm³/mol. The van der Waals surface area contributed by atoms with Gasteiger partial charge in [-0.05, 0) is 6.42 Å². The maximum absolute atomic E-state index is 11.3. The molecule has 0 saturated carbocycles. The Morgan fingerprint density at radius 1 is 1.64 bits per heavy atom. The first-order valence-corrected chi connectivity index (χ1v) is 6.41. The molecular formula is C10H20O3S. The van der Waals surface area contributed by atoms with Gasteiger partial charge in [-0.25, -0.2) is 0 Å². The standard InChI is InChI=1S/C10H20O3S/c1-3-5-7-14(12)9-10(11)8-13-6-4-2/h4,10-11H,2-3,5-9H2,1H3/t10-,14-/m0/s1. The van der Waals surface area contributed by atoms with Gasteiger partial charge < -0.3 is 9.84 Å². The fourth-order valence-electron chi connectivity index (χ4n) is 0.939. The van der Waals surface area contributed by atoms with Gasteiger partial charge >= 0.3 is 0 Å². The highest BCUT2D eigenvalue weighted by Gasteiger charge is 2.08. The molecule has 2 atom stereocenters. The molecule has 3 nitrogen and oxygen atoms in total. The van der Waals surface area contributed by atoms with Crippen molar-refractivity contribution in [2.45, 2.75) is 25.9 Å². The zero-order valence-corrected chi connectivity index (χ0v) is 9.59. The monoisotopic (exact) mass is 220 g/mol. The second-order valence-corrected chi connectivity index (χ2v) is 4.77. The third kappa shape index (κ3) is 8.41. The van der Waals surface area contributed by atoms with Crippen LogP contribution in [0.2, 0.25) is 0 Å². The molecule has 14 heavy (non-hydrogen) atoms. The fraction of sp³-hybridized carbons (Fsp3) is 0.800. The summed E-state index contributed by atoms with van der Waals surface area (Å²) < 4.78 is 16.4. The molecule has 0 aromatic carbocycles. The number of aliphatic hydroxyl groups excluding tert-OH is 1. The molecule has 0 saturated heterocycles. The first-order chi connectivity index (χ1) is 6.70. The van der Waals surface area contributed by atoms with Crippen molar-refractivity contribution in [3.8, 4) is 0 Å². The molecule has 0 amide bonds. The highest BCUT2D eigenvalue weighted by atomic mass is 32.2. The van der Waals surface area contributed by atoms with Crippen LogP contribution in [0.4, 0.5) is 0 Å². The van der Waals surface area contributed by atoms with Gasteiger partial charge in [-0.15, -0.1) is 6.58 Å². The van der Waals surface area contributed by atoms with E-state index in [1.54, 1.807) is 6.08 Å². The zero-order valence-electron chi connectivity index (χ0n) is 8.78. The van der Waals surface area contributed by atoms with E-state index in [0.717, 1.165) is 12.8 Å². The summed E-state index contributed by atoms with van der Waals surface area (Å²) in [4.78, 5) is 0. The molecule has 0 radical (unpaired) electrons. The second-order valence-electron chi connectivity index (χ2n) is 3.14. The lowest BCUT2D eigenvalue weighted by molar-refractivity contribution is 0.0620. The van der Waals surface area contributed by atoms with E-state index in [0.29, 0.717) is 18.1 Å². The summed E-state index contributed by atoms with van der Waals surface area (Å²) in [6.45, 7) is 6.22. The molecule has 1 N–H and O–H groups in total. The van der Waals surface area contributed by atoms with Crippen molar-refractivity contribution < 1.29 is 14.1 Å². The van der Waals surface area contributed by atoms with Crippen LogP contribution in [0.25, 0.3) is 0 Å². The largest absolute Gasteiger partial charge is 0.390 e. The molecule has 4 heteroatoms. The van der Waals surface area contributed by atoms with Crippen molar-refractivity contribution in [3.05, 3.63) is 12.7 Å². The molecular weight excluding hydrogens is 200 g/mol. The van der Waals surface area contributed by atoms with Crippen molar-refractivity contribution in [2.24, 2.45) is 0 Å². The lowest BCUT2D eigenvalue weighted by Crippen LogP contribution is -2.23. The van der Waals surface area contributed by atoms with E-state index in [1.165, 1.54) is 0 Å². The molecule has 0 aromatic heterocycles. The summed E-state index contributed by atoms with van der Waals surface area (Å²) in [7, 11) is -0.911. The van der Waals surface area contributed by atoms with Crippen molar-refractivity contribution in [1.82, 2.24) is 0 Å². The van der Waals surface area contributed by atoms with E-state index in [2.05, 4.69) is 13.5 Å². The number of ether oxygens (including phenoxy) is 1. The van der Waals surface area contributed by atoms with Crippen LogP contribution < -0.4 is 0 Å². The third-order valence-corrected chi connectivity index (χ3v) is 3.15. The number of hydrogen-bond acceptors (Lipinski definition) is 3. The van der Waals surface area contributed by atoms with Crippen LogP contribution in [0, 0.1) is 0 Å². The van der Waals surface area contributed by atoms with Crippen LogP contribution in [0.3, 0.4) is 0 Å². The van der Waals surface area contributed by atoms with Gasteiger partial charge in [0.15, 0.2) is 0 Å². The molecule has 0 aliphatic rings. The average molecular weight is 220 g/mol. The van der Waals surface area contributed by atoms with Crippen molar-refractivity contribution >= 4 is 10.8 Å². The van der Waals surface area contributed by atoms with Crippen LogP contribution in [0.15, 0.2) is 12.7 Å². The van der Waals surface area contributed by atoms with Gasteiger partial charge in [0.1, 0.15) is 0 Å². The van der Waals surface area contributed by atoms with Crippen LogP contribution in [-0.4, -0.2) is 40.1 Å². The fourth-order valence-corrected chi connectivity index (χ4v) is 2.24. The molecule has 0 aliphatic carbocycles. The number of aliphatic hydroxyl groups is 1. The summed E-state index contributed by atoms with van der Waals surface area (Å²) in [6, 6.07) is 0. The Labute approximate surface area is 88.6 Å². The summed E-state index contributed by atoms with van der Waals surface area (Å²) in [6.07, 6.45) is 3.00. The van der Waals surface area contributed by atoms with Crippen LogP contribution in [0.1, 0.15) is 19.8 Å².